The molecule has 0 amide bonds. The lowest BCUT2D eigenvalue weighted by atomic mass is 10.3. The third-order valence-electron chi connectivity index (χ3n) is 1.86. The maximum atomic E-state index is 5.52. The van der Waals surface area contributed by atoms with Gasteiger partial charge in [0.2, 0.25) is 0 Å². The van der Waals surface area contributed by atoms with Gasteiger partial charge in [-0.05, 0) is 20.9 Å². The highest BCUT2D eigenvalue weighted by Gasteiger charge is 2.05. The molecule has 0 atom stereocenters. The Morgan fingerprint density at radius 2 is 2.33 bits per heavy atom. The molecule has 0 radical (unpaired) electrons. The van der Waals surface area contributed by atoms with E-state index in [-0.39, 0.29) is 0 Å². The van der Waals surface area contributed by atoms with Crippen LogP contribution in [0.3, 0.4) is 0 Å². The van der Waals surface area contributed by atoms with E-state index in [2.05, 4.69) is 30.8 Å². The summed E-state index contributed by atoms with van der Waals surface area (Å²) in [4.78, 5) is 7.48. The summed E-state index contributed by atoms with van der Waals surface area (Å²) in [5, 5.41) is 0.655. The fourth-order valence-corrected chi connectivity index (χ4v) is 1.57. The van der Waals surface area contributed by atoms with Crippen molar-refractivity contribution in [3.8, 4) is 0 Å². The molecule has 0 saturated carbocycles. The number of hydrogen-bond donors (Lipinski definition) is 1. The van der Waals surface area contributed by atoms with Crippen molar-refractivity contribution in [2.75, 3.05) is 12.8 Å². The minimum absolute atomic E-state index is 0.563. The van der Waals surface area contributed by atoms with E-state index >= 15 is 0 Å². The molecule has 0 unspecified atom stereocenters. The van der Waals surface area contributed by atoms with E-state index in [1.54, 1.807) is 11.3 Å². The van der Waals surface area contributed by atoms with Gasteiger partial charge < -0.3 is 5.73 Å². The number of anilines is 1. The number of hydrogen-bond acceptors (Lipinski definition) is 4. The molecule has 1 aromatic rings. The number of rotatable bonds is 3. The highest BCUT2D eigenvalue weighted by molar-refractivity contribution is 7.15. The monoisotopic (exact) mass is 185 g/mol. The first kappa shape index (κ1) is 9.48. The van der Waals surface area contributed by atoms with E-state index in [9.17, 15) is 0 Å². The second-order valence-corrected chi connectivity index (χ2v) is 4.32. The molecular formula is C8H15N3S. The van der Waals surface area contributed by atoms with Crippen LogP contribution in [0.1, 0.15) is 18.7 Å². The largest absolute Gasteiger partial charge is 0.375 e. The van der Waals surface area contributed by atoms with Crippen molar-refractivity contribution in [3.05, 3.63) is 11.1 Å². The SMILES string of the molecule is CC(C)N(C)Cc1cnc(N)s1. The van der Waals surface area contributed by atoms with E-state index in [0.717, 1.165) is 6.54 Å². The lowest BCUT2D eigenvalue weighted by Crippen LogP contribution is -2.25. The second-order valence-electron chi connectivity index (χ2n) is 3.17. The van der Waals surface area contributed by atoms with Crippen LogP contribution < -0.4 is 5.73 Å². The summed E-state index contributed by atoms with van der Waals surface area (Å²) >= 11 is 1.56. The number of nitrogens with two attached hydrogens (primary N) is 1. The van der Waals surface area contributed by atoms with E-state index < -0.39 is 0 Å². The first-order chi connectivity index (χ1) is 5.59. The molecule has 0 bridgehead atoms. The van der Waals surface area contributed by atoms with Crippen LogP contribution in [0, 0.1) is 0 Å². The molecular weight excluding hydrogens is 170 g/mol. The summed E-state index contributed by atoms with van der Waals surface area (Å²) in [6.45, 7) is 5.28. The summed E-state index contributed by atoms with van der Waals surface area (Å²) in [6.07, 6.45) is 1.85. The molecule has 68 valence electrons. The minimum atomic E-state index is 0.563. The summed E-state index contributed by atoms with van der Waals surface area (Å²) < 4.78 is 0. The van der Waals surface area contributed by atoms with Crippen LogP contribution in [0.25, 0.3) is 0 Å². The minimum Gasteiger partial charge on any atom is -0.375 e. The Morgan fingerprint density at radius 1 is 1.67 bits per heavy atom. The van der Waals surface area contributed by atoms with Crippen molar-refractivity contribution >= 4 is 16.5 Å². The molecule has 0 aromatic carbocycles. The maximum Gasteiger partial charge on any atom is 0.180 e. The molecule has 12 heavy (non-hydrogen) atoms. The highest BCUT2D eigenvalue weighted by atomic mass is 32.1. The first-order valence-electron chi connectivity index (χ1n) is 4.00. The first-order valence-corrected chi connectivity index (χ1v) is 4.81. The fourth-order valence-electron chi connectivity index (χ4n) is 0.824. The second kappa shape index (κ2) is 3.87. The van der Waals surface area contributed by atoms with Gasteiger partial charge >= 0.3 is 0 Å². The Morgan fingerprint density at radius 3 is 2.75 bits per heavy atom. The number of nitrogen functional groups attached to an aromatic ring is 1. The number of nitrogens with zero attached hydrogens (tertiary/aromatic N) is 2. The van der Waals surface area contributed by atoms with Crippen LogP contribution in [0.2, 0.25) is 0 Å². The van der Waals surface area contributed by atoms with Crippen LogP contribution in [0.5, 0.6) is 0 Å². The lowest BCUT2D eigenvalue weighted by Gasteiger charge is -2.19. The molecule has 0 spiro atoms. The summed E-state index contributed by atoms with van der Waals surface area (Å²) in [5.74, 6) is 0. The Balaban J connectivity index is 2.52. The molecule has 0 saturated heterocycles. The van der Waals surface area contributed by atoms with Gasteiger partial charge in [-0.3, -0.25) is 4.90 Å². The zero-order valence-electron chi connectivity index (χ0n) is 7.74. The smallest absolute Gasteiger partial charge is 0.180 e. The third-order valence-corrected chi connectivity index (χ3v) is 2.67. The quantitative estimate of drug-likeness (QED) is 0.777. The zero-order valence-corrected chi connectivity index (χ0v) is 8.56. The topological polar surface area (TPSA) is 42.2 Å². The average molecular weight is 185 g/mol. The third kappa shape index (κ3) is 2.46. The Labute approximate surface area is 77.2 Å². The molecule has 1 heterocycles. The average Bonchev–Trinajstić information content (AvgIpc) is 2.35. The van der Waals surface area contributed by atoms with Gasteiger partial charge in [0.25, 0.3) is 0 Å². The van der Waals surface area contributed by atoms with E-state index in [1.807, 2.05) is 6.20 Å². The van der Waals surface area contributed by atoms with Crippen LogP contribution >= 0.6 is 11.3 Å². The lowest BCUT2D eigenvalue weighted by molar-refractivity contribution is 0.268. The van der Waals surface area contributed by atoms with E-state index in [4.69, 9.17) is 5.73 Å². The maximum absolute atomic E-state index is 5.52. The summed E-state index contributed by atoms with van der Waals surface area (Å²) in [7, 11) is 2.10. The van der Waals surface area contributed by atoms with Crippen molar-refractivity contribution in [2.24, 2.45) is 0 Å². The zero-order chi connectivity index (χ0) is 9.14. The summed E-state index contributed by atoms with van der Waals surface area (Å²) in [6, 6.07) is 0.563. The molecule has 3 nitrogen and oxygen atoms in total. The summed E-state index contributed by atoms with van der Waals surface area (Å²) in [5.41, 5.74) is 5.52. The van der Waals surface area contributed by atoms with Crippen molar-refractivity contribution < 1.29 is 0 Å². The molecule has 0 fully saturated rings. The number of thiazole rings is 1. The van der Waals surface area contributed by atoms with Crippen molar-refractivity contribution in [2.45, 2.75) is 26.4 Å². The van der Waals surface area contributed by atoms with Crippen LogP contribution in [-0.2, 0) is 6.54 Å². The molecule has 0 aliphatic rings. The van der Waals surface area contributed by atoms with Gasteiger partial charge in [0.05, 0.1) is 0 Å². The van der Waals surface area contributed by atoms with E-state index in [1.165, 1.54) is 4.88 Å². The van der Waals surface area contributed by atoms with Crippen molar-refractivity contribution in [1.82, 2.24) is 9.88 Å². The molecule has 0 aliphatic carbocycles. The van der Waals surface area contributed by atoms with Gasteiger partial charge in [0.15, 0.2) is 5.13 Å². The molecule has 1 aromatic heterocycles. The Bertz CT molecular complexity index is 244. The Kier molecular flexibility index (Phi) is 3.05. The molecule has 1 rings (SSSR count). The molecule has 4 heteroatoms. The van der Waals surface area contributed by atoms with Crippen LogP contribution in [0.15, 0.2) is 6.20 Å². The van der Waals surface area contributed by atoms with E-state index in [0.29, 0.717) is 11.2 Å². The molecule has 0 aliphatic heterocycles. The predicted octanol–water partition coefficient (Wildman–Crippen LogP) is 1.57. The standard InChI is InChI=1S/C8H15N3S/c1-6(2)11(3)5-7-4-10-8(9)12-7/h4,6H,5H2,1-3H3,(H2,9,10). The molecule has 2 N–H and O–H groups in total. The van der Waals surface area contributed by atoms with Crippen LogP contribution in [0.4, 0.5) is 5.13 Å². The van der Waals surface area contributed by atoms with Crippen LogP contribution in [-0.4, -0.2) is 23.0 Å². The Hall–Kier alpha value is -0.610. The predicted molar refractivity (Wildman–Crippen MR) is 53.1 cm³/mol. The van der Waals surface area contributed by atoms with Gasteiger partial charge in [-0.25, -0.2) is 4.98 Å². The van der Waals surface area contributed by atoms with Crippen molar-refractivity contribution in [3.63, 3.8) is 0 Å². The van der Waals surface area contributed by atoms with Gasteiger partial charge in [-0.15, -0.1) is 11.3 Å². The van der Waals surface area contributed by atoms with Gasteiger partial charge in [-0.1, -0.05) is 0 Å². The normalized spacial score (nSPS) is 11.4. The van der Waals surface area contributed by atoms with Gasteiger partial charge in [0, 0.05) is 23.7 Å². The highest BCUT2D eigenvalue weighted by Crippen LogP contribution is 2.16. The number of aromatic nitrogens is 1. The van der Waals surface area contributed by atoms with Gasteiger partial charge in [-0.2, -0.15) is 0 Å². The van der Waals surface area contributed by atoms with Crippen molar-refractivity contribution in [1.29, 1.82) is 0 Å². The fraction of sp³-hybridized carbons (Fsp3) is 0.625. The van der Waals surface area contributed by atoms with Gasteiger partial charge in [0.1, 0.15) is 0 Å².